The zero-order valence-electron chi connectivity index (χ0n) is 15.0. The number of halogens is 1. The highest BCUT2D eigenvalue weighted by Gasteiger charge is 2.47. The second kappa shape index (κ2) is 8.58. The number of methoxy groups -OCH3 is 1. The third-order valence-electron chi connectivity index (χ3n) is 5.01. The molecule has 2 aliphatic rings. The number of ether oxygens (including phenoxy) is 1. The van der Waals surface area contributed by atoms with Crippen LogP contribution in [-0.4, -0.2) is 25.5 Å². The standard InChI is InChI=1S/C20H25ClN2O3/c1-26-18-8-7-14(11-17(18)21)23-20(25)16-12-15(16)19(24)22-10-9-13-5-3-2-4-6-13/h5,7-8,11,15-16H,2-4,6,9-10,12H2,1H3,(H,22,24)(H,23,25). The van der Waals surface area contributed by atoms with Crippen molar-refractivity contribution < 1.29 is 14.3 Å². The van der Waals surface area contributed by atoms with Crippen molar-refractivity contribution in [1.82, 2.24) is 5.32 Å². The van der Waals surface area contributed by atoms with Crippen LogP contribution in [0.3, 0.4) is 0 Å². The van der Waals surface area contributed by atoms with Crippen LogP contribution < -0.4 is 15.4 Å². The highest BCUT2D eigenvalue weighted by atomic mass is 35.5. The lowest BCUT2D eigenvalue weighted by atomic mass is 9.97. The Hall–Kier alpha value is -2.01. The average molecular weight is 377 g/mol. The highest BCUT2D eigenvalue weighted by molar-refractivity contribution is 6.32. The van der Waals surface area contributed by atoms with Crippen LogP contribution in [0.5, 0.6) is 5.75 Å². The van der Waals surface area contributed by atoms with Gasteiger partial charge in [0.1, 0.15) is 5.75 Å². The maximum atomic E-state index is 12.3. The predicted molar refractivity (Wildman–Crippen MR) is 102 cm³/mol. The molecule has 2 amide bonds. The number of amides is 2. The molecule has 1 saturated carbocycles. The first-order valence-corrected chi connectivity index (χ1v) is 9.56. The van der Waals surface area contributed by atoms with Gasteiger partial charge in [-0.2, -0.15) is 0 Å². The van der Waals surface area contributed by atoms with Crippen LogP contribution in [0.2, 0.25) is 5.02 Å². The number of allylic oxidation sites excluding steroid dienone is 1. The monoisotopic (exact) mass is 376 g/mol. The van der Waals surface area contributed by atoms with Crippen molar-refractivity contribution >= 4 is 29.1 Å². The van der Waals surface area contributed by atoms with Crippen LogP contribution in [-0.2, 0) is 9.59 Å². The Morgan fingerprint density at radius 3 is 2.73 bits per heavy atom. The average Bonchev–Trinajstić information content (AvgIpc) is 3.44. The number of rotatable bonds is 7. The van der Waals surface area contributed by atoms with E-state index in [2.05, 4.69) is 16.7 Å². The van der Waals surface area contributed by atoms with Gasteiger partial charge in [-0.3, -0.25) is 9.59 Å². The lowest BCUT2D eigenvalue weighted by molar-refractivity contribution is -0.125. The minimum absolute atomic E-state index is 0.0191. The molecule has 1 aromatic rings. The van der Waals surface area contributed by atoms with E-state index >= 15 is 0 Å². The largest absolute Gasteiger partial charge is 0.495 e. The van der Waals surface area contributed by atoms with Crippen molar-refractivity contribution in [3.8, 4) is 5.75 Å². The van der Waals surface area contributed by atoms with Crippen molar-refractivity contribution in [1.29, 1.82) is 0 Å². The molecule has 1 fully saturated rings. The summed E-state index contributed by atoms with van der Waals surface area (Å²) in [6, 6.07) is 5.08. The summed E-state index contributed by atoms with van der Waals surface area (Å²) in [6.07, 6.45) is 8.64. The normalized spacial score (nSPS) is 21.5. The summed E-state index contributed by atoms with van der Waals surface area (Å²) in [5.41, 5.74) is 2.05. The molecule has 5 nitrogen and oxygen atoms in total. The zero-order valence-corrected chi connectivity index (χ0v) is 15.8. The molecular formula is C20H25ClN2O3. The molecule has 6 heteroatoms. The molecule has 2 atom stereocenters. The van der Waals surface area contributed by atoms with E-state index in [-0.39, 0.29) is 23.7 Å². The van der Waals surface area contributed by atoms with E-state index < -0.39 is 0 Å². The predicted octanol–water partition coefficient (Wildman–Crippen LogP) is 3.93. The molecule has 0 saturated heterocycles. The smallest absolute Gasteiger partial charge is 0.228 e. The maximum absolute atomic E-state index is 12.3. The van der Waals surface area contributed by atoms with E-state index in [1.165, 1.54) is 25.5 Å². The summed E-state index contributed by atoms with van der Waals surface area (Å²) < 4.78 is 5.09. The Morgan fingerprint density at radius 2 is 2.04 bits per heavy atom. The molecule has 2 unspecified atom stereocenters. The zero-order chi connectivity index (χ0) is 18.5. The SMILES string of the molecule is COc1ccc(NC(=O)C2CC2C(=O)NCCC2=CCCCC2)cc1Cl. The third kappa shape index (κ3) is 4.79. The van der Waals surface area contributed by atoms with Gasteiger partial charge in [-0.25, -0.2) is 0 Å². The Kier molecular flexibility index (Phi) is 6.20. The number of hydrogen-bond acceptors (Lipinski definition) is 3. The molecule has 0 heterocycles. The molecule has 26 heavy (non-hydrogen) atoms. The summed E-state index contributed by atoms with van der Waals surface area (Å²) in [5, 5.41) is 6.23. The summed E-state index contributed by atoms with van der Waals surface area (Å²) >= 11 is 6.06. The Bertz CT molecular complexity index is 717. The van der Waals surface area contributed by atoms with E-state index in [1.807, 2.05) is 0 Å². The van der Waals surface area contributed by atoms with Crippen molar-refractivity contribution in [3.63, 3.8) is 0 Å². The second-order valence-corrected chi connectivity index (χ2v) is 7.34. The Labute approximate surface area is 159 Å². The van der Waals surface area contributed by atoms with E-state index in [0.29, 0.717) is 29.4 Å². The van der Waals surface area contributed by atoms with Crippen LogP contribution in [0.1, 0.15) is 38.5 Å². The van der Waals surface area contributed by atoms with Gasteiger partial charge in [0.2, 0.25) is 11.8 Å². The topological polar surface area (TPSA) is 67.4 Å². The molecule has 0 bridgehead atoms. The molecule has 2 N–H and O–H groups in total. The van der Waals surface area contributed by atoms with Crippen LogP contribution in [0.4, 0.5) is 5.69 Å². The van der Waals surface area contributed by atoms with E-state index in [4.69, 9.17) is 16.3 Å². The van der Waals surface area contributed by atoms with Gasteiger partial charge in [0.25, 0.3) is 0 Å². The molecule has 0 aromatic heterocycles. The van der Waals surface area contributed by atoms with Crippen LogP contribution in [0.15, 0.2) is 29.8 Å². The minimum atomic E-state index is -0.259. The first-order chi connectivity index (χ1) is 12.6. The van der Waals surface area contributed by atoms with Crippen molar-refractivity contribution in [2.45, 2.75) is 38.5 Å². The number of benzene rings is 1. The lowest BCUT2D eigenvalue weighted by Gasteiger charge is -2.13. The van der Waals surface area contributed by atoms with E-state index in [0.717, 1.165) is 19.3 Å². The summed E-state index contributed by atoms with van der Waals surface area (Å²) in [4.78, 5) is 24.5. The number of hydrogen-bond donors (Lipinski definition) is 2. The molecule has 1 aromatic carbocycles. The van der Waals surface area contributed by atoms with E-state index in [1.54, 1.807) is 18.2 Å². The number of carbonyl (C=O) groups excluding carboxylic acids is 2. The Balaban J connectivity index is 1.42. The molecule has 3 rings (SSSR count). The fourth-order valence-electron chi connectivity index (χ4n) is 3.36. The van der Waals surface area contributed by atoms with Crippen LogP contribution in [0.25, 0.3) is 0 Å². The summed E-state index contributed by atoms with van der Waals surface area (Å²) in [7, 11) is 1.54. The molecule has 0 radical (unpaired) electrons. The van der Waals surface area contributed by atoms with E-state index in [9.17, 15) is 9.59 Å². The fourth-order valence-corrected chi connectivity index (χ4v) is 3.62. The summed E-state index contributed by atoms with van der Waals surface area (Å²) in [5.74, 6) is -0.0778. The van der Waals surface area contributed by atoms with Gasteiger partial charge in [-0.05, 0) is 56.7 Å². The van der Waals surface area contributed by atoms with Crippen molar-refractivity contribution in [2.24, 2.45) is 11.8 Å². The third-order valence-corrected chi connectivity index (χ3v) is 5.31. The molecule has 140 valence electrons. The van der Waals surface area contributed by atoms with Crippen LogP contribution in [0, 0.1) is 11.8 Å². The second-order valence-electron chi connectivity index (χ2n) is 6.94. The number of nitrogens with one attached hydrogen (secondary N) is 2. The number of anilines is 1. The van der Waals surface area contributed by atoms with Gasteiger partial charge in [0, 0.05) is 12.2 Å². The number of carbonyl (C=O) groups is 2. The van der Waals surface area contributed by atoms with Gasteiger partial charge in [-0.15, -0.1) is 0 Å². The summed E-state index contributed by atoms with van der Waals surface area (Å²) in [6.45, 7) is 0.656. The molecule has 2 aliphatic carbocycles. The van der Waals surface area contributed by atoms with Crippen molar-refractivity contribution in [2.75, 3.05) is 19.0 Å². The first kappa shape index (κ1) is 18.8. The van der Waals surface area contributed by atoms with Gasteiger partial charge >= 0.3 is 0 Å². The highest BCUT2D eigenvalue weighted by Crippen LogP contribution is 2.40. The van der Waals surface area contributed by atoms with Gasteiger partial charge in [0.15, 0.2) is 0 Å². The van der Waals surface area contributed by atoms with Crippen molar-refractivity contribution in [3.05, 3.63) is 34.9 Å². The van der Waals surface area contributed by atoms with Gasteiger partial charge in [0.05, 0.1) is 24.0 Å². The maximum Gasteiger partial charge on any atom is 0.228 e. The lowest BCUT2D eigenvalue weighted by Crippen LogP contribution is -2.28. The fraction of sp³-hybridized carbons (Fsp3) is 0.500. The molecular weight excluding hydrogens is 352 g/mol. The first-order valence-electron chi connectivity index (χ1n) is 9.18. The van der Waals surface area contributed by atoms with Gasteiger partial charge < -0.3 is 15.4 Å². The molecule has 0 spiro atoms. The molecule has 0 aliphatic heterocycles. The quantitative estimate of drug-likeness (QED) is 0.708. The minimum Gasteiger partial charge on any atom is -0.495 e. The van der Waals surface area contributed by atoms with Gasteiger partial charge in [-0.1, -0.05) is 23.3 Å². The van der Waals surface area contributed by atoms with Crippen LogP contribution >= 0.6 is 11.6 Å². The Morgan fingerprint density at radius 1 is 1.23 bits per heavy atom.